The van der Waals surface area contributed by atoms with E-state index >= 15 is 0 Å². The fourth-order valence-electron chi connectivity index (χ4n) is 6.79. The van der Waals surface area contributed by atoms with Gasteiger partial charge in [0, 0.05) is 61.1 Å². The van der Waals surface area contributed by atoms with Crippen molar-refractivity contribution < 1.29 is 24.2 Å². The highest BCUT2D eigenvalue weighted by molar-refractivity contribution is 7.21. The van der Waals surface area contributed by atoms with Gasteiger partial charge in [-0.25, -0.2) is 4.98 Å². The number of hydrogen-bond donors (Lipinski definition) is 3. The van der Waals surface area contributed by atoms with E-state index in [1.165, 1.54) is 17.3 Å². The number of aliphatic carboxylic acids is 1. The number of carbonyl (C=O) groups excluding carboxylic acids is 1. The van der Waals surface area contributed by atoms with E-state index in [1.807, 2.05) is 6.07 Å². The predicted octanol–water partition coefficient (Wildman–Crippen LogP) is 9.66. The van der Waals surface area contributed by atoms with Crippen molar-refractivity contribution in [1.82, 2.24) is 20.6 Å². The average Bonchev–Trinajstić information content (AvgIpc) is 3.66. The molecule has 0 saturated carbocycles. The highest BCUT2D eigenvalue weighted by Gasteiger charge is 2.18. The summed E-state index contributed by atoms with van der Waals surface area (Å²) in [6, 6.07) is 24.3. The van der Waals surface area contributed by atoms with Crippen molar-refractivity contribution in [3.63, 3.8) is 0 Å². The van der Waals surface area contributed by atoms with Crippen molar-refractivity contribution in [2.45, 2.75) is 72.8 Å². The Kier molecular flexibility index (Phi) is 14.6. The Hall–Kier alpha value is -5.64. The largest absolute Gasteiger partial charge is 0.488 e. The summed E-state index contributed by atoms with van der Waals surface area (Å²) in [6.45, 7) is 9.28. The third kappa shape index (κ3) is 10.4. The number of aldehydes is 1. The van der Waals surface area contributed by atoms with Gasteiger partial charge in [-0.05, 0) is 104 Å². The number of rotatable bonds is 20. The molecule has 0 radical (unpaired) electrons. The molecule has 0 saturated heterocycles. The van der Waals surface area contributed by atoms with Crippen LogP contribution in [0.25, 0.3) is 31.9 Å². The molecule has 12 heteroatoms. The van der Waals surface area contributed by atoms with Gasteiger partial charge in [-0.15, -0.1) is 11.3 Å². The molecule has 0 spiro atoms. The summed E-state index contributed by atoms with van der Waals surface area (Å²) < 4.78 is 13.8. The number of carbonyl (C=O) groups is 2. The molecule has 6 rings (SSSR count). The topological polar surface area (TPSA) is 146 Å². The number of aromatic nitrogens is 2. The zero-order chi connectivity index (χ0) is 41.0. The molecule has 10 nitrogen and oxygen atoms in total. The molecule has 0 unspecified atom stereocenters. The van der Waals surface area contributed by atoms with Crippen LogP contribution in [0.15, 0.2) is 79.1 Å². The standard InChI is InChI=1S/C46H46ClN5O5S/c1-29-35(28-57-42-21-41(56-27-33-19-32(22-48)23-51-24-33)36(20-40(42)47)26-50-17-8-13-44(54)55)9-6-10-37(29)38-11-7-12-39(31(38)3)46-52-45-30(2)34(14-15-43(45)58-46)25-49-16-4-5-18-53/h6-7,9-12,14-15,18-21,23-24,49-50H,4-5,8,13,16-17,25-28H2,1-3H3,(H,54,55). The van der Waals surface area contributed by atoms with Crippen molar-refractivity contribution in [2.75, 3.05) is 13.1 Å². The summed E-state index contributed by atoms with van der Waals surface area (Å²) in [5, 5.41) is 26.4. The number of fused-ring (bicyclic) bond motifs is 1. The van der Waals surface area contributed by atoms with E-state index in [-0.39, 0.29) is 19.6 Å². The zero-order valence-electron chi connectivity index (χ0n) is 32.9. The number of carboxylic acid groups (broad SMARTS) is 1. The Labute approximate surface area is 347 Å². The summed E-state index contributed by atoms with van der Waals surface area (Å²) in [5.41, 5.74) is 11.9. The molecular formula is C46H46ClN5O5S. The zero-order valence-corrected chi connectivity index (χ0v) is 34.4. The summed E-state index contributed by atoms with van der Waals surface area (Å²) in [5.74, 6) is 0.173. The second-order valence-electron chi connectivity index (χ2n) is 14.1. The summed E-state index contributed by atoms with van der Waals surface area (Å²) in [7, 11) is 0. The molecule has 0 bridgehead atoms. The summed E-state index contributed by atoms with van der Waals surface area (Å²) >= 11 is 8.50. The lowest BCUT2D eigenvalue weighted by Crippen LogP contribution is -2.16. The van der Waals surface area contributed by atoms with E-state index in [1.54, 1.807) is 35.7 Å². The number of nitrogens with one attached hydrogen (secondary N) is 2. The maximum atomic E-state index is 11.0. The number of ether oxygens (including phenoxy) is 2. The van der Waals surface area contributed by atoms with Gasteiger partial charge in [0.1, 0.15) is 42.1 Å². The van der Waals surface area contributed by atoms with Crippen molar-refractivity contribution in [1.29, 1.82) is 5.26 Å². The number of nitriles is 1. The van der Waals surface area contributed by atoms with Crippen LogP contribution < -0.4 is 20.1 Å². The van der Waals surface area contributed by atoms with Gasteiger partial charge in [0.25, 0.3) is 0 Å². The van der Waals surface area contributed by atoms with Gasteiger partial charge in [0.15, 0.2) is 0 Å². The van der Waals surface area contributed by atoms with Crippen LogP contribution in [0.1, 0.15) is 70.2 Å². The number of thiazole rings is 1. The van der Waals surface area contributed by atoms with E-state index in [9.17, 15) is 14.9 Å². The van der Waals surface area contributed by atoms with Crippen LogP contribution in [0.2, 0.25) is 5.02 Å². The van der Waals surface area contributed by atoms with Crippen LogP contribution in [-0.4, -0.2) is 40.4 Å². The number of pyridine rings is 1. The first-order chi connectivity index (χ1) is 28.2. The molecule has 0 aliphatic carbocycles. The van der Waals surface area contributed by atoms with Crippen molar-refractivity contribution in [3.8, 4) is 39.3 Å². The first-order valence-electron chi connectivity index (χ1n) is 19.2. The highest BCUT2D eigenvalue weighted by atomic mass is 35.5. The number of unbranched alkanes of at least 4 members (excludes halogenated alkanes) is 1. The third-order valence-electron chi connectivity index (χ3n) is 10.1. The highest BCUT2D eigenvalue weighted by Crippen LogP contribution is 2.39. The van der Waals surface area contributed by atoms with Gasteiger partial charge in [0.05, 0.1) is 20.8 Å². The second-order valence-corrected chi connectivity index (χ2v) is 15.5. The molecule has 58 heavy (non-hydrogen) atoms. The SMILES string of the molecule is Cc1c(COc2cc(OCc3cncc(C#N)c3)c(CNCCCC(=O)O)cc2Cl)cccc1-c1cccc(-c2nc3c(C)c(CNCCCC=O)ccc3s2)c1C. The molecular weight excluding hydrogens is 770 g/mol. The molecule has 0 fully saturated rings. The molecule has 0 aliphatic rings. The van der Waals surface area contributed by atoms with Crippen molar-refractivity contribution in [2.24, 2.45) is 0 Å². The van der Waals surface area contributed by atoms with Gasteiger partial charge < -0.3 is 30.0 Å². The van der Waals surface area contributed by atoms with Crippen molar-refractivity contribution >= 4 is 45.4 Å². The average molecular weight is 816 g/mol. The Morgan fingerprint density at radius 3 is 2.34 bits per heavy atom. The van der Waals surface area contributed by atoms with Gasteiger partial charge in [0.2, 0.25) is 0 Å². The molecule has 6 aromatic rings. The lowest BCUT2D eigenvalue weighted by atomic mass is 9.91. The van der Waals surface area contributed by atoms with Gasteiger partial charge in [-0.2, -0.15) is 5.26 Å². The van der Waals surface area contributed by atoms with Crippen LogP contribution in [0.3, 0.4) is 0 Å². The smallest absolute Gasteiger partial charge is 0.303 e. The quantitative estimate of drug-likeness (QED) is 0.0503. The molecule has 2 aromatic heterocycles. The van der Waals surface area contributed by atoms with Crippen LogP contribution in [-0.2, 0) is 35.9 Å². The monoisotopic (exact) mass is 815 g/mol. The van der Waals surface area contributed by atoms with E-state index in [0.29, 0.717) is 48.0 Å². The van der Waals surface area contributed by atoms with Crippen LogP contribution in [0.4, 0.5) is 0 Å². The first kappa shape index (κ1) is 42.0. The fourth-order valence-corrected chi connectivity index (χ4v) is 8.14. The number of halogens is 1. The molecule has 3 N–H and O–H groups in total. The summed E-state index contributed by atoms with van der Waals surface area (Å²) in [4.78, 5) is 30.9. The van der Waals surface area contributed by atoms with Gasteiger partial charge >= 0.3 is 5.97 Å². The first-order valence-corrected chi connectivity index (χ1v) is 20.4. The lowest BCUT2D eigenvalue weighted by molar-refractivity contribution is -0.137. The molecule has 4 aromatic carbocycles. The van der Waals surface area contributed by atoms with E-state index < -0.39 is 5.97 Å². The van der Waals surface area contributed by atoms with Gasteiger partial charge in [-0.1, -0.05) is 54.1 Å². The number of hydrogen-bond acceptors (Lipinski definition) is 10. The molecule has 0 atom stereocenters. The van der Waals surface area contributed by atoms with Crippen molar-refractivity contribution in [3.05, 3.63) is 129 Å². The van der Waals surface area contributed by atoms with E-state index in [0.717, 1.165) is 85.5 Å². The Balaban J connectivity index is 1.21. The maximum Gasteiger partial charge on any atom is 0.303 e. The van der Waals surface area contributed by atoms with Crippen LogP contribution in [0.5, 0.6) is 11.5 Å². The van der Waals surface area contributed by atoms with E-state index in [4.69, 9.17) is 31.2 Å². The molecule has 0 amide bonds. The predicted molar refractivity (Wildman–Crippen MR) is 229 cm³/mol. The maximum absolute atomic E-state index is 11.0. The minimum absolute atomic E-state index is 0.0757. The molecule has 298 valence electrons. The number of aryl methyl sites for hydroxylation is 1. The third-order valence-corrected chi connectivity index (χ3v) is 11.4. The lowest BCUT2D eigenvalue weighted by Gasteiger charge is -2.18. The van der Waals surface area contributed by atoms with Gasteiger partial charge in [-0.3, -0.25) is 9.78 Å². The Bertz CT molecular complexity index is 2460. The molecule has 0 aliphatic heterocycles. The number of benzene rings is 4. The minimum atomic E-state index is -0.837. The fraction of sp³-hybridized carbons (Fsp3) is 0.283. The molecule has 2 heterocycles. The van der Waals surface area contributed by atoms with Crippen LogP contribution >= 0.6 is 22.9 Å². The van der Waals surface area contributed by atoms with E-state index in [2.05, 4.69) is 84.9 Å². The minimum Gasteiger partial charge on any atom is -0.488 e. The normalized spacial score (nSPS) is 11.1. The Morgan fingerprint density at radius 1 is 0.845 bits per heavy atom. The summed E-state index contributed by atoms with van der Waals surface area (Å²) in [6.07, 6.45) is 6.07. The number of carboxylic acids is 1. The number of nitrogens with zero attached hydrogens (tertiary/aromatic N) is 3. The Morgan fingerprint density at radius 2 is 1.57 bits per heavy atom. The van der Waals surface area contributed by atoms with Crippen LogP contribution in [0, 0.1) is 32.1 Å². The second kappa shape index (κ2) is 20.2.